The molecular formula is C16H17N3O4S. The average molecular weight is 347 g/mol. The number of nitrogens with one attached hydrogen (secondary N) is 3. The van der Waals surface area contributed by atoms with Crippen molar-refractivity contribution in [3.63, 3.8) is 0 Å². The maximum absolute atomic E-state index is 12.4. The van der Waals surface area contributed by atoms with Crippen LogP contribution in [-0.2, 0) is 14.8 Å². The molecule has 2 aromatic carbocycles. The van der Waals surface area contributed by atoms with Crippen LogP contribution in [0.15, 0.2) is 48.5 Å². The van der Waals surface area contributed by atoms with Gasteiger partial charge in [-0.3, -0.25) is 14.3 Å². The number of carbonyl (C=O) groups is 2. The van der Waals surface area contributed by atoms with Crippen molar-refractivity contribution in [1.29, 1.82) is 0 Å². The Morgan fingerprint density at radius 3 is 2.17 bits per heavy atom. The van der Waals surface area contributed by atoms with E-state index in [1.165, 1.54) is 19.1 Å². The van der Waals surface area contributed by atoms with Crippen LogP contribution >= 0.6 is 0 Å². The van der Waals surface area contributed by atoms with Crippen LogP contribution in [0, 0.1) is 0 Å². The van der Waals surface area contributed by atoms with Crippen LogP contribution < -0.4 is 15.4 Å². The first-order valence-corrected chi connectivity index (χ1v) is 8.89. The number of hydrogen-bond acceptors (Lipinski definition) is 4. The number of carbonyl (C=O) groups excluding carboxylic acids is 2. The molecule has 2 aromatic rings. The molecule has 3 N–H and O–H groups in total. The van der Waals surface area contributed by atoms with Gasteiger partial charge in [0.15, 0.2) is 0 Å². The molecule has 126 valence electrons. The fraction of sp³-hybridized carbons (Fsp3) is 0.125. The molecule has 0 saturated carbocycles. The molecular weight excluding hydrogens is 330 g/mol. The summed E-state index contributed by atoms with van der Waals surface area (Å²) in [7, 11) is -3.50. The predicted octanol–water partition coefficient (Wildman–Crippen LogP) is 2.27. The summed E-state index contributed by atoms with van der Waals surface area (Å²) in [6.07, 6.45) is 1.01. The van der Waals surface area contributed by atoms with Gasteiger partial charge in [0.2, 0.25) is 15.9 Å². The number of hydrogen-bond donors (Lipinski definition) is 3. The van der Waals surface area contributed by atoms with E-state index in [1.54, 1.807) is 36.4 Å². The van der Waals surface area contributed by atoms with Crippen LogP contribution in [0.25, 0.3) is 0 Å². The summed E-state index contributed by atoms with van der Waals surface area (Å²) >= 11 is 0. The Labute approximate surface area is 140 Å². The SMILES string of the molecule is CC(=O)Nc1cccc(NC(=O)c2ccccc2NS(C)(=O)=O)c1. The minimum atomic E-state index is -3.50. The third kappa shape index (κ3) is 5.10. The molecule has 2 rings (SSSR count). The Bertz CT molecular complexity index is 878. The summed E-state index contributed by atoms with van der Waals surface area (Å²) in [6.45, 7) is 1.39. The van der Waals surface area contributed by atoms with E-state index < -0.39 is 15.9 Å². The van der Waals surface area contributed by atoms with E-state index in [0.717, 1.165) is 6.26 Å². The highest BCUT2D eigenvalue weighted by Gasteiger charge is 2.14. The second-order valence-corrected chi connectivity index (χ2v) is 6.88. The Morgan fingerprint density at radius 1 is 0.917 bits per heavy atom. The van der Waals surface area contributed by atoms with Crippen LogP contribution in [0.2, 0.25) is 0 Å². The van der Waals surface area contributed by atoms with E-state index in [4.69, 9.17) is 0 Å². The molecule has 0 aliphatic carbocycles. The minimum Gasteiger partial charge on any atom is -0.326 e. The molecule has 0 saturated heterocycles. The molecule has 0 bridgehead atoms. The summed E-state index contributed by atoms with van der Waals surface area (Å²) in [6, 6.07) is 12.9. The molecule has 0 unspecified atom stereocenters. The van der Waals surface area contributed by atoms with Crippen molar-refractivity contribution in [3.05, 3.63) is 54.1 Å². The second-order valence-electron chi connectivity index (χ2n) is 5.14. The lowest BCUT2D eigenvalue weighted by Gasteiger charge is -2.11. The Balaban J connectivity index is 2.23. The number of benzene rings is 2. The van der Waals surface area contributed by atoms with Gasteiger partial charge in [-0.15, -0.1) is 0 Å². The summed E-state index contributed by atoms with van der Waals surface area (Å²) in [4.78, 5) is 23.5. The van der Waals surface area contributed by atoms with Crippen molar-refractivity contribution in [2.75, 3.05) is 21.6 Å². The average Bonchev–Trinajstić information content (AvgIpc) is 2.45. The highest BCUT2D eigenvalue weighted by Crippen LogP contribution is 2.20. The van der Waals surface area contributed by atoms with Crippen LogP contribution in [-0.4, -0.2) is 26.5 Å². The Hall–Kier alpha value is -2.87. The maximum atomic E-state index is 12.4. The number of rotatable bonds is 5. The van der Waals surface area contributed by atoms with Crippen molar-refractivity contribution in [1.82, 2.24) is 0 Å². The molecule has 0 spiro atoms. The zero-order valence-corrected chi connectivity index (χ0v) is 14.0. The molecule has 24 heavy (non-hydrogen) atoms. The monoisotopic (exact) mass is 347 g/mol. The number of amides is 2. The molecule has 0 radical (unpaired) electrons. The minimum absolute atomic E-state index is 0.188. The van der Waals surface area contributed by atoms with E-state index in [9.17, 15) is 18.0 Å². The van der Waals surface area contributed by atoms with Crippen molar-refractivity contribution in [2.45, 2.75) is 6.92 Å². The molecule has 0 heterocycles. The first kappa shape index (κ1) is 17.5. The molecule has 2 amide bonds. The lowest BCUT2D eigenvalue weighted by atomic mass is 10.1. The lowest BCUT2D eigenvalue weighted by Crippen LogP contribution is -2.17. The normalized spacial score (nSPS) is 10.8. The van der Waals surface area contributed by atoms with Gasteiger partial charge in [-0.1, -0.05) is 18.2 Å². The zero-order valence-electron chi connectivity index (χ0n) is 13.2. The standard InChI is InChI=1S/C16H17N3O4S/c1-11(20)17-12-6-5-7-13(10-12)18-16(21)14-8-3-4-9-15(14)19-24(2,22)23/h3-10,19H,1-2H3,(H,17,20)(H,18,21). The van der Waals surface area contributed by atoms with Crippen molar-refractivity contribution >= 4 is 38.9 Å². The van der Waals surface area contributed by atoms with Crippen LogP contribution in [0.1, 0.15) is 17.3 Å². The molecule has 8 heteroatoms. The van der Waals surface area contributed by atoms with Gasteiger partial charge < -0.3 is 10.6 Å². The predicted molar refractivity (Wildman–Crippen MR) is 93.6 cm³/mol. The van der Waals surface area contributed by atoms with Gasteiger partial charge in [0, 0.05) is 18.3 Å². The number of sulfonamides is 1. The number of anilines is 3. The van der Waals surface area contributed by atoms with E-state index in [1.807, 2.05) is 0 Å². The van der Waals surface area contributed by atoms with E-state index in [0.29, 0.717) is 11.4 Å². The summed E-state index contributed by atoms with van der Waals surface area (Å²) in [5.41, 5.74) is 1.40. The Kier molecular flexibility index (Phi) is 5.20. The van der Waals surface area contributed by atoms with E-state index >= 15 is 0 Å². The summed E-state index contributed by atoms with van der Waals surface area (Å²) in [5, 5.41) is 5.29. The lowest BCUT2D eigenvalue weighted by molar-refractivity contribution is -0.114. The molecule has 7 nitrogen and oxygen atoms in total. The highest BCUT2D eigenvalue weighted by molar-refractivity contribution is 7.92. The first-order chi connectivity index (χ1) is 11.2. The van der Waals surface area contributed by atoms with Crippen molar-refractivity contribution in [2.24, 2.45) is 0 Å². The topological polar surface area (TPSA) is 104 Å². The van der Waals surface area contributed by atoms with Crippen LogP contribution in [0.4, 0.5) is 17.1 Å². The van der Waals surface area contributed by atoms with Gasteiger partial charge in [-0.2, -0.15) is 0 Å². The third-order valence-corrected chi connectivity index (χ3v) is 3.50. The quantitative estimate of drug-likeness (QED) is 0.771. The van der Waals surface area contributed by atoms with Gasteiger partial charge in [-0.05, 0) is 30.3 Å². The van der Waals surface area contributed by atoms with Gasteiger partial charge >= 0.3 is 0 Å². The molecule has 0 aromatic heterocycles. The summed E-state index contributed by atoms with van der Waals surface area (Å²) in [5.74, 6) is -0.692. The molecule has 0 aliphatic rings. The molecule has 0 atom stereocenters. The van der Waals surface area contributed by atoms with E-state index in [2.05, 4.69) is 15.4 Å². The van der Waals surface area contributed by atoms with Crippen LogP contribution in [0.5, 0.6) is 0 Å². The fourth-order valence-corrected chi connectivity index (χ4v) is 2.62. The molecule has 0 aliphatic heterocycles. The van der Waals surface area contributed by atoms with Crippen LogP contribution in [0.3, 0.4) is 0 Å². The number of para-hydroxylation sites is 1. The highest BCUT2D eigenvalue weighted by atomic mass is 32.2. The summed E-state index contributed by atoms with van der Waals surface area (Å²) < 4.78 is 25.1. The van der Waals surface area contributed by atoms with Gasteiger partial charge in [-0.25, -0.2) is 8.42 Å². The van der Waals surface area contributed by atoms with Gasteiger partial charge in [0.25, 0.3) is 5.91 Å². The second kappa shape index (κ2) is 7.14. The fourth-order valence-electron chi connectivity index (χ4n) is 2.05. The zero-order chi connectivity index (χ0) is 17.7. The first-order valence-electron chi connectivity index (χ1n) is 7.00. The largest absolute Gasteiger partial charge is 0.326 e. The van der Waals surface area contributed by atoms with Crippen molar-refractivity contribution in [3.8, 4) is 0 Å². The molecule has 0 fully saturated rings. The Morgan fingerprint density at radius 2 is 1.54 bits per heavy atom. The third-order valence-electron chi connectivity index (χ3n) is 2.91. The van der Waals surface area contributed by atoms with E-state index in [-0.39, 0.29) is 17.2 Å². The smallest absolute Gasteiger partial charge is 0.257 e. The van der Waals surface area contributed by atoms with Gasteiger partial charge in [0.1, 0.15) is 0 Å². The van der Waals surface area contributed by atoms with Crippen molar-refractivity contribution < 1.29 is 18.0 Å². The maximum Gasteiger partial charge on any atom is 0.257 e. The van der Waals surface area contributed by atoms with Gasteiger partial charge in [0.05, 0.1) is 17.5 Å².